The normalized spacial score (nSPS) is 30.8. The summed E-state index contributed by atoms with van der Waals surface area (Å²) in [4.78, 5) is 2.66. The molecule has 0 aromatic carbocycles. The topological polar surface area (TPSA) is 21.1 Å². The minimum absolute atomic E-state index is 0.604. The van der Waals surface area contributed by atoms with Crippen LogP contribution in [0.15, 0.2) is 18.5 Å². The van der Waals surface area contributed by atoms with Crippen molar-refractivity contribution in [3.8, 4) is 0 Å². The van der Waals surface area contributed by atoms with Gasteiger partial charge in [-0.2, -0.15) is 16.9 Å². The van der Waals surface area contributed by atoms with Crippen LogP contribution in [-0.2, 0) is 0 Å². The van der Waals surface area contributed by atoms with Crippen molar-refractivity contribution in [1.29, 1.82) is 0 Å². The minimum atomic E-state index is 0.604. The van der Waals surface area contributed by atoms with Crippen LogP contribution >= 0.6 is 11.8 Å². The quantitative estimate of drug-likeness (QED) is 0.822. The lowest BCUT2D eigenvalue weighted by Gasteiger charge is -2.34. The van der Waals surface area contributed by atoms with Crippen LogP contribution in [0.1, 0.15) is 25.3 Å². The average molecular weight is 251 g/mol. The first-order chi connectivity index (χ1) is 8.42. The van der Waals surface area contributed by atoms with Gasteiger partial charge < -0.3 is 4.90 Å². The standard InChI is InChI=1S/C13H21N3S/c1-3-13(16-7-2-5-14-16)10-15(6-1)9-12-4-8-17-11-12/h2,5,7,12-13H,1,3-4,6,8-11H2/t12-,13+/m1/s1. The van der Waals surface area contributed by atoms with Gasteiger partial charge in [-0.15, -0.1) is 0 Å². The molecule has 0 N–H and O–H groups in total. The third-order valence-electron chi connectivity index (χ3n) is 3.92. The maximum atomic E-state index is 4.39. The zero-order valence-electron chi connectivity index (χ0n) is 10.3. The molecule has 3 nitrogen and oxygen atoms in total. The Bertz CT molecular complexity index is 332. The Balaban J connectivity index is 1.56. The molecule has 2 saturated heterocycles. The number of hydrogen-bond donors (Lipinski definition) is 0. The van der Waals surface area contributed by atoms with Crippen LogP contribution in [0, 0.1) is 5.92 Å². The summed E-state index contributed by atoms with van der Waals surface area (Å²) in [6.07, 6.45) is 8.04. The van der Waals surface area contributed by atoms with E-state index in [-0.39, 0.29) is 0 Å². The Morgan fingerprint density at radius 2 is 2.35 bits per heavy atom. The summed E-state index contributed by atoms with van der Waals surface area (Å²) in [5, 5.41) is 4.39. The average Bonchev–Trinajstić information content (AvgIpc) is 3.01. The van der Waals surface area contributed by atoms with Crippen molar-refractivity contribution in [1.82, 2.24) is 14.7 Å². The highest BCUT2D eigenvalue weighted by molar-refractivity contribution is 7.99. The summed E-state index contributed by atoms with van der Waals surface area (Å²) >= 11 is 2.13. The van der Waals surface area contributed by atoms with Gasteiger partial charge in [0.15, 0.2) is 0 Å². The van der Waals surface area contributed by atoms with Gasteiger partial charge in [0, 0.05) is 25.5 Å². The van der Waals surface area contributed by atoms with E-state index in [0.717, 1.165) is 5.92 Å². The second kappa shape index (κ2) is 5.44. The van der Waals surface area contributed by atoms with Gasteiger partial charge >= 0.3 is 0 Å². The first-order valence-corrected chi connectivity index (χ1v) is 7.86. The molecule has 3 rings (SSSR count). The van der Waals surface area contributed by atoms with Crippen LogP contribution in [0.3, 0.4) is 0 Å². The SMILES string of the molecule is c1cnn([C@H]2CCCN(C[C@H]3CCSC3)C2)c1. The maximum absolute atomic E-state index is 4.39. The highest BCUT2D eigenvalue weighted by atomic mass is 32.2. The summed E-state index contributed by atoms with van der Waals surface area (Å²) in [5.74, 6) is 3.70. The van der Waals surface area contributed by atoms with Crippen molar-refractivity contribution < 1.29 is 0 Å². The molecule has 2 fully saturated rings. The molecular formula is C13H21N3S. The molecular weight excluding hydrogens is 230 g/mol. The zero-order valence-corrected chi connectivity index (χ0v) is 11.1. The Morgan fingerprint density at radius 1 is 1.35 bits per heavy atom. The van der Waals surface area contributed by atoms with E-state index in [9.17, 15) is 0 Å². The number of aromatic nitrogens is 2. The van der Waals surface area contributed by atoms with E-state index in [0.29, 0.717) is 6.04 Å². The molecule has 94 valence electrons. The monoisotopic (exact) mass is 251 g/mol. The van der Waals surface area contributed by atoms with Gasteiger partial charge in [0.25, 0.3) is 0 Å². The van der Waals surface area contributed by atoms with Crippen LogP contribution in [-0.4, -0.2) is 45.8 Å². The smallest absolute Gasteiger partial charge is 0.0646 e. The lowest BCUT2D eigenvalue weighted by Crippen LogP contribution is -2.39. The Hall–Kier alpha value is -0.480. The Morgan fingerprint density at radius 3 is 3.12 bits per heavy atom. The van der Waals surface area contributed by atoms with Crippen molar-refractivity contribution in [2.45, 2.75) is 25.3 Å². The predicted molar refractivity (Wildman–Crippen MR) is 72.4 cm³/mol. The van der Waals surface area contributed by atoms with E-state index in [2.05, 4.69) is 32.6 Å². The first kappa shape index (κ1) is 11.6. The van der Waals surface area contributed by atoms with Gasteiger partial charge in [-0.3, -0.25) is 4.68 Å². The third kappa shape index (κ3) is 2.86. The zero-order chi connectivity index (χ0) is 11.5. The molecule has 2 aliphatic heterocycles. The molecule has 0 radical (unpaired) electrons. The van der Waals surface area contributed by atoms with Crippen LogP contribution in [0.4, 0.5) is 0 Å². The van der Waals surface area contributed by atoms with Crippen LogP contribution < -0.4 is 0 Å². The molecule has 0 amide bonds. The summed E-state index contributed by atoms with van der Waals surface area (Å²) in [5.41, 5.74) is 0. The molecule has 17 heavy (non-hydrogen) atoms. The highest BCUT2D eigenvalue weighted by Gasteiger charge is 2.25. The number of rotatable bonds is 3. The molecule has 0 aliphatic carbocycles. The van der Waals surface area contributed by atoms with E-state index >= 15 is 0 Å². The maximum Gasteiger partial charge on any atom is 0.0646 e. The van der Waals surface area contributed by atoms with Gasteiger partial charge in [0.05, 0.1) is 6.04 Å². The van der Waals surface area contributed by atoms with E-state index in [1.165, 1.54) is 50.4 Å². The molecule has 0 bridgehead atoms. The Labute approximate surface area is 108 Å². The number of piperidine rings is 1. The molecule has 3 heterocycles. The second-order valence-corrected chi connectivity index (χ2v) is 6.42. The van der Waals surface area contributed by atoms with Crippen molar-refractivity contribution in [2.24, 2.45) is 5.92 Å². The van der Waals surface area contributed by atoms with Crippen LogP contribution in [0.5, 0.6) is 0 Å². The molecule has 2 aliphatic rings. The lowest BCUT2D eigenvalue weighted by atomic mass is 10.0. The van der Waals surface area contributed by atoms with Crippen LogP contribution in [0.2, 0.25) is 0 Å². The van der Waals surface area contributed by atoms with E-state index < -0.39 is 0 Å². The predicted octanol–water partition coefficient (Wildman–Crippen LogP) is 2.27. The lowest BCUT2D eigenvalue weighted by molar-refractivity contribution is 0.153. The molecule has 2 atom stereocenters. The van der Waals surface area contributed by atoms with Crippen LogP contribution in [0.25, 0.3) is 0 Å². The number of likely N-dealkylation sites (tertiary alicyclic amines) is 1. The third-order valence-corrected chi connectivity index (χ3v) is 5.15. The van der Waals surface area contributed by atoms with E-state index in [4.69, 9.17) is 0 Å². The highest BCUT2D eigenvalue weighted by Crippen LogP contribution is 2.27. The van der Waals surface area contributed by atoms with Gasteiger partial charge in [-0.05, 0) is 49.3 Å². The summed E-state index contributed by atoms with van der Waals surface area (Å²) < 4.78 is 2.15. The second-order valence-electron chi connectivity index (χ2n) is 5.27. The van der Waals surface area contributed by atoms with Gasteiger partial charge in [-0.1, -0.05) is 0 Å². The Kier molecular flexibility index (Phi) is 3.71. The largest absolute Gasteiger partial charge is 0.301 e. The first-order valence-electron chi connectivity index (χ1n) is 6.71. The number of thioether (sulfide) groups is 1. The molecule has 0 unspecified atom stereocenters. The molecule has 1 aromatic heterocycles. The summed E-state index contributed by atoms with van der Waals surface area (Å²) in [6.45, 7) is 3.80. The minimum Gasteiger partial charge on any atom is -0.301 e. The summed E-state index contributed by atoms with van der Waals surface area (Å²) in [7, 11) is 0. The van der Waals surface area contributed by atoms with Gasteiger partial charge in [-0.25, -0.2) is 0 Å². The molecule has 1 aromatic rings. The van der Waals surface area contributed by atoms with Crippen molar-refractivity contribution in [3.63, 3.8) is 0 Å². The van der Waals surface area contributed by atoms with Crippen molar-refractivity contribution >= 4 is 11.8 Å². The fourth-order valence-electron chi connectivity index (χ4n) is 3.00. The van der Waals surface area contributed by atoms with Crippen molar-refractivity contribution in [3.05, 3.63) is 18.5 Å². The van der Waals surface area contributed by atoms with Gasteiger partial charge in [0.2, 0.25) is 0 Å². The van der Waals surface area contributed by atoms with Crippen molar-refractivity contribution in [2.75, 3.05) is 31.1 Å². The van der Waals surface area contributed by atoms with E-state index in [1.54, 1.807) is 0 Å². The molecule has 0 saturated carbocycles. The fourth-order valence-corrected chi connectivity index (χ4v) is 4.27. The number of nitrogens with zero attached hydrogens (tertiary/aromatic N) is 3. The fraction of sp³-hybridized carbons (Fsp3) is 0.769. The number of hydrogen-bond acceptors (Lipinski definition) is 3. The van der Waals surface area contributed by atoms with E-state index in [1.807, 2.05) is 12.3 Å². The van der Waals surface area contributed by atoms with Gasteiger partial charge in [0.1, 0.15) is 0 Å². The molecule has 4 heteroatoms. The molecule has 0 spiro atoms. The summed E-state index contributed by atoms with van der Waals surface area (Å²) in [6, 6.07) is 2.64.